The summed E-state index contributed by atoms with van der Waals surface area (Å²) < 4.78 is 11.0. The fourth-order valence-electron chi connectivity index (χ4n) is 3.41. The van der Waals surface area contributed by atoms with Crippen LogP contribution in [-0.2, 0) is 11.3 Å². The lowest BCUT2D eigenvalue weighted by molar-refractivity contribution is 0.142. The van der Waals surface area contributed by atoms with E-state index in [1.54, 1.807) is 7.11 Å². The zero-order chi connectivity index (χ0) is 15.6. The summed E-state index contributed by atoms with van der Waals surface area (Å²) in [4.78, 5) is 11.3. The zero-order valence-electron chi connectivity index (χ0n) is 13.4. The number of ether oxygens (including phenoxy) is 1. The van der Waals surface area contributed by atoms with E-state index in [4.69, 9.17) is 9.26 Å². The summed E-state index contributed by atoms with van der Waals surface area (Å²) >= 11 is 0. The van der Waals surface area contributed by atoms with Gasteiger partial charge in [0.2, 0.25) is 5.89 Å². The Balaban J connectivity index is 1.48. The van der Waals surface area contributed by atoms with E-state index in [9.17, 15) is 0 Å². The summed E-state index contributed by atoms with van der Waals surface area (Å²) in [5.74, 6) is 2.85. The number of likely N-dealkylation sites (tertiary alicyclic amines) is 1. The van der Waals surface area contributed by atoms with Crippen LogP contribution in [0.25, 0.3) is 0 Å². The highest BCUT2D eigenvalue weighted by molar-refractivity contribution is 5.11. The van der Waals surface area contributed by atoms with Crippen molar-refractivity contribution in [2.45, 2.75) is 31.2 Å². The van der Waals surface area contributed by atoms with Gasteiger partial charge in [0.25, 0.3) is 0 Å². The van der Waals surface area contributed by atoms with Crippen LogP contribution in [-0.4, -0.2) is 46.8 Å². The van der Waals surface area contributed by atoms with Gasteiger partial charge in [0, 0.05) is 51.0 Å². The Bertz CT molecular complexity index is 641. The Morgan fingerprint density at radius 2 is 2.26 bits per heavy atom. The van der Waals surface area contributed by atoms with Crippen LogP contribution >= 0.6 is 0 Å². The van der Waals surface area contributed by atoms with E-state index in [1.165, 1.54) is 18.4 Å². The van der Waals surface area contributed by atoms with Crippen molar-refractivity contribution < 1.29 is 9.26 Å². The molecule has 2 aliphatic rings. The maximum absolute atomic E-state index is 5.57. The van der Waals surface area contributed by atoms with Gasteiger partial charge in [-0.3, -0.25) is 9.88 Å². The van der Waals surface area contributed by atoms with Crippen LogP contribution in [0, 0.1) is 5.92 Å². The number of nitrogens with zero attached hydrogens (tertiary/aromatic N) is 4. The van der Waals surface area contributed by atoms with Gasteiger partial charge < -0.3 is 9.26 Å². The van der Waals surface area contributed by atoms with Gasteiger partial charge >= 0.3 is 0 Å². The standard InChI is InChI=1S/C17H22N4O2/c1-22-11-14-9-21(8-12-3-2-6-18-7-12)10-15(14)17-19-16(20-23-17)13-4-5-13/h2-3,6-7,13-15H,4-5,8-11H2,1H3/t14-,15+/m0/s1. The minimum absolute atomic E-state index is 0.256. The quantitative estimate of drug-likeness (QED) is 0.814. The SMILES string of the molecule is COC[C@@H]1CN(Cc2cccnc2)C[C@H]1c1nc(C2CC2)no1. The van der Waals surface area contributed by atoms with Crippen molar-refractivity contribution in [3.8, 4) is 0 Å². The van der Waals surface area contributed by atoms with E-state index in [-0.39, 0.29) is 5.92 Å². The molecule has 2 aromatic rings. The third-order valence-electron chi connectivity index (χ3n) is 4.74. The van der Waals surface area contributed by atoms with Gasteiger partial charge in [0.05, 0.1) is 12.5 Å². The third-order valence-corrected chi connectivity index (χ3v) is 4.74. The van der Waals surface area contributed by atoms with Gasteiger partial charge in [-0.25, -0.2) is 0 Å². The molecule has 1 aliphatic carbocycles. The maximum atomic E-state index is 5.57. The van der Waals surface area contributed by atoms with E-state index in [0.717, 1.165) is 38.0 Å². The van der Waals surface area contributed by atoms with Crippen LogP contribution in [0.3, 0.4) is 0 Å². The number of methoxy groups -OCH3 is 1. The van der Waals surface area contributed by atoms with Crippen molar-refractivity contribution in [3.63, 3.8) is 0 Å². The van der Waals surface area contributed by atoms with Crippen LogP contribution < -0.4 is 0 Å². The fraction of sp³-hybridized carbons (Fsp3) is 0.588. The Labute approximate surface area is 135 Å². The predicted molar refractivity (Wildman–Crippen MR) is 83.9 cm³/mol. The first kappa shape index (κ1) is 14.8. The smallest absolute Gasteiger partial charge is 0.231 e. The molecule has 0 bridgehead atoms. The van der Waals surface area contributed by atoms with Crippen LogP contribution in [0.1, 0.15) is 42.0 Å². The summed E-state index contributed by atoms with van der Waals surface area (Å²) in [5, 5.41) is 4.17. The normalized spacial score (nSPS) is 25.1. The molecule has 6 heteroatoms. The molecule has 6 nitrogen and oxygen atoms in total. The molecule has 1 saturated carbocycles. The van der Waals surface area contributed by atoms with Crippen LogP contribution in [0.15, 0.2) is 29.0 Å². The predicted octanol–water partition coefficient (Wildman–Crippen LogP) is 2.20. The Hall–Kier alpha value is -1.79. The number of aromatic nitrogens is 3. The number of rotatable bonds is 6. The molecule has 2 aromatic heterocycles. The molecule has 4 rings (SSSR count). The molecule has 0 radical (unpaired) electrons. The van der Waals surface area contributed by atoms with Crippen molar-refractivity contribution in [2.75, 3.05) is 26.8 Å². The molecule has 1 saturated heterocycles. The third kappa shape index (κ3) is 3.28. The van der Waals surface area contributed by atoms with Gasteiger partial charge in [-0.05, 0) is 24.5 Å². The average molecular weight is 314 g/mol. The summed E-state index contributed by atoms with van der Waals surface area (Å²) in [7, 11) is 1.75. The van der Waals surface area contributed by atoms with Crippen LogP contribution in [0.5, 0.6) is 0 Å². The zero-order valence-corrected chi connectivity index (χ0v) is 13.4. The van der Waals surface area contributed by atoms with Gasteiger partial charge in [0.1, 0.15) is 0 Å². The molecule has 0 unspecified atom stereocenters. The van der Waals surface area contributed by atoms with Gasteiger partial charge in [-0.15, -0.1) is 0 Å². The second kappa shape index (κ2) is 6.37. The molecular formula is C17H22N4O2. The lowest BCUT2D eigenvalue weighted by Crippen LogP contribution is -2.21. The molecular weight excluding hydrogens is 292 g/mol. The molecule has 2 atom stereocenters. The molecule has 23 heavy (non-hydrogen) atoms. The minimum Gasteiger partial charge on any atom is -0.384 e. The molecule has 0 N–H and O–H groups in total. The Morgan fingerprint density at radius 1 is 1.35 bits per heavy atom. The molecule has 0 amide bonds. The number of pyridine rings is 1. The molecule has 2 fully saturated rings. The van der Waals surface area contributed by atoms with E-state index in [2.05, 4.69) is 26.1 Å². The van der Waals surface area contributed by atoms with Crippen molar-refractivity contribution in [3.05, 3.63) is 41.8 Å². The maximum Gasteiger partial charge on any atom is 0.231 e. The minimum atomic E-state index is 0.256. The summed E-state index contributed by atoms with van der Waals surface area (Å²) in [6.07, 6.45) is 6.12. The molecule has 1 aliphatic heterocycles. The highest BCUT2D eigenvalue weighted by atomic mass is 16.5. The van der Waals surface area contributed by atoms with Gasteiger partial charge in [0.15, 0.2) is 5.82 Å². The van der Waals surface area contributed by atoms with Crippen molar-refractivity contribution >= 4 is 0 Å². The summed E-state index contributed by atoms with van der Waals surface area (Å²) in [6.45, 7) is 3.52. The van der Waals surface area contributed by atoms with Crippen molar-refractivity contribution in [2.24, 2.45) is 5.92 Å². The molecule has 0 spiro atoms. The highest BCUT2D eigenvalue weighted by Gasteiger charge is 2.38. The largest absolute Gasteiger partial charge is 0.384 e. The van der Waals surface area contributed by atoms with Crippen molar-refractivity contribution in [1.29, 1.82) is 0 Å². The Morgan fingerprint density at radius 3 is 3.00 bits per heavy atom. The molecule has 122 valence electrons. The van der Waals surface area contributed by atoms with E-state index < -0.39 is 0 Å². The topological polar surface area (TPSA) is 64.3 Å². The lowest BCUT2D eigenvalue weighted by atomic mass is 9.97. The first-order valence-electron chi connectivity index (χ1n) is 8.27. The second-order valence-corrected chi connectivity index (χ2v) is 6.64. The lowest BCUT2D eigenvalue weighted by Gasteiger charge is -2.15. The average Bonchev–Trinajstić information content (AvgIpc) is 3.17. The number of hydrogen-bond acceptors (Lipinski definition) is 6. The van der Waals surface area contributed by atoms with E-state index in [0.29, 0.717) is 11.8 Å². The molecule has 3 heterocycles. The summed E-state index contributed by atoms with van der Waals surface area (Å²) in [6, 6.07) is 4.10. The van der Waals surface area contributed by atoms with Gasteiger partial charge in [-0.1, -0.05) is 11.2 Å². The van der Waals surface area contributed by atoms with E-state index in [1.807, 2.05) is 18.5 Å². The van der Waals surface area contributed by atoms with Crippen molar-refractivity contribution in [1.82, 2.24) is 20.0 Å². The highest BCUT2D eigenvalue weighted by Crippen LogP contribution is 2.40. The van der Waals surface area contributed by atoms with Gasteiger partial charge in [-0.2, -0.15) is 4.98 Å². The first-order chi connectivity index (χ1) is 11.3. The van der Waals surface area contributed by atoms with E-state index >= 15 is 0 Å². The summed E-state index contributed by atoms with van der Waals surface area (Å²) in [5.41, 5.74) is 1.23. The van der Waals surface area contributed by atoms with Crippen LogP contribution in [0.4, 0.5) is 0 Å². The second-order valence-electron chi connectivity index (χ2n) is 6.64. The molecule has 0 aromatic carbocycles. The monoisotopic (exact) mass is 314 g/mol. The number of hydrogen-bond donors (Lipinski definition) is 0. The van der Waals surface area contributed by atoms with Crippen LogP contribution in [0.2, 0.25) is 0 Å². The fourth-order valence-corrected chi connectivity index (χ4v) is 3.41. The first-order valence-corrected chi connectivity index (χ1v) is 8.27. The Kier molecular flexibility index (Phi) is 4.10.